The number of benzene rings is 2. The van der Waals surface area contributed by atoms with Crippen molar-refractivity contribution in [2.45, 2.75) is 17.7 Å². The fraction of sp³-hybridized carbons (Fsp3) is 0.200. The van der Waals surface area contributed by atoms with Crippen molar-refractivity contribution in [2.24, 2.45) is 0 Å². The van der Waals surface area contributed by atoms with E-state index < -0.39 is 32.9 Å². The summed E-state index contributed by atoms with van der Waals surface area (Å²) in [5.74, 6) is 0. The van der Waals surface area contributed by atoms with Gasteiger partial charge < -0.3 is 19.6 Å². The van der Waals surface area contributed by atoms with Crippen molar-refractivity contribution >= 4 is 61.6 Å². The molecule has 0 aliphatic carbocycles. The summed E-state index contributed by atoms with van der Waals surface area (Å²) >= 11 is 23.5. The third-order valence-corrected chi connectivity index (χ3v) is 9.87. The molecule has 0 saturated heterocycles. The molecule has 0 bridgehead atoms. The Kier molecular flexibility index (Phi) is 9.16. The summed E-state index contributed by atoms with van der Waals surface area (Å²) in [4.78, 5) is 37.0. The third-order valence-electron chi connectivity index (χ3n) is 4.03. The summed E-state index contributed by atoms with van der Waals surface area (Å²) in [6.07, 6.45) is -1.28. The smallest absolute Gasteiger partial charge is 0.324 e. The molecule has 0 saturated carbocycles. The minimum atomic E-state index is -5.33. The van der Waals surface area contributed by atoms with Gasteiger partial charge in [0.05, 0.1) is 20.1 Å². The van der Waals surface area contributed by atoms with Gasteiger partial charge in [-0.05, 0) is 35.4 Å². The normalized spacial score (nSPS) is 12.6. The van der Waals surface area contributed by atoms with Gasteiger partial charge in [-0.2, -0.15) is 0 Å². The van der Waals surface area contributed by atoms with Crippen LogP contribution < -0.4 is 0 Å². The van der Waals surface area contributed by atoms with Crippen LogP contribution in [0.1, 0.15) is 11.1 Å². The van der Waals surface area contributed by atoms with Gasteiger partial charge in [-0.25, -0.2) is 0 Å². The Hall–Kier alpha value is 0.419. The fourth-order valence-corrected chi connectivity index (χ4v) is 6.15. The van der Waals surface area contributed by atoms with Gasteiger partial charge in [0.1, 0.15) is 0 Å². The first-order valence-electron chi connectivity index (χ1n) is 7.26. The van der Waals surface area contributed by atoms with Crippen molar-refractivity contribution in [1.82, 2.24) is 0 Å². The largest absolute Gasteiger partial charge is 2.00 e. The molecule has 0 spiro atoms. The summed E-state index contributed by atoms with van der Waals surface area (Å²) in [6.45, 7) is 0. The zero-order chi connectivity index (χ0) is 20.6. The molecule has 2 aromatic carbocycles. The van der Waals surface area contributed by atoms with Crippen LogP contribution in [0.5, 0.6) is 0 Å². The summed E-state index contributed by atoms with van der Waals surface area (Å²) in [6, 6.07) is 8.15. The maximum absolute atomic E-state index is 12.3. The van der Waals surface area contributed by atoms with Crippen molar-refractivity contribution in [1.29, 1.82) is 0 Å². The second-order valence-corrected chi connectivity index (χ2v) is 11.8. The molecule has 0 amide bonds. The first-order chi connectivity index (χ1) is 12.3. The molecule has 0 fully saturated rings. The van der Waals surface area contributed by atoms with Crippen LogP contribution in [-0.4, -0.2) is 24.5 Å². The SMILES string of the molecule is O=P(O)(O)C(Cc1ccc(Cl)c(Cl)c1)(Cc1ccc(Cl)c(Cl)c1)P(=O)(O)O.[Mn+2]. The molecule has 0 heterocycles. The van der Waals surface area contributed by atoms with E-state index in [9.17, 15) is 28.7 Å². The van der Waals surface area contributed by atoms with E-state index in [1.54, 1.807) is 0 Å². The molecule has 28 heavy (non-hydrogen) atoms. The van der Waals surface area contributed by atoms with Crippen LogP contribution in [0.15, 0.2) is 36.4 Å². The maximum atomic E-state index is 12.3. The Bertz CT molecular complexity index is 884. The molecular weight excluding hydrogens is 535 g/mol. The van der Waals surface area contributed by atoms with Crippen LogP contribution in [0.2, 0.25) is 20.1 Å². The van der Waals surface area contributed by atoms with Crippen LogP contribution in [-0.2, 0) is 39.0 Å². The molecular formula is C15H14Cl4MnO6P2+2. The van der Waals surface area contributed by atoms with E-state index in [4.69, 9.17) is 46.4 Å². The molecule has 0 aliphatic rings. The van der Waals surface area contributed by atoms with Crippen LogP contribution in [0.3, 0.4) is 0 Å². The van der Waals surface area contributed by atoms with Gasteiger partial charge in [-0.3, -0.25) is 9.13 Å². The van der Waals surface area contributed by atoms with Crippen molar-refractivity contribution in [3.05, 3.63) is 67.6 Å². The number of halogens is 4. The second-order valence-electron chi connectivity index (χ2n) is 5.92. The van der Waals surface area contributed by atoms with Gasteiger partial charge in [0.15, 0.2) is 4.90 Å². The molecule has 13 heteroatoms. The third kappa shape index (κ3) is 5.76. The molecule has 0 aromatic heterocycles. The molecule has 6 nitrogen and oxygen atoms in total. The van der Waals surface area contributed by atoms with Gasteiger partial charge in [-0.15, -0.1) is 0 Å². The molecule has 0 aliphatic heterocycles. The Balaban J connectivity index is 0.00000392. The summed E-state index contributed by atoms with van der Waals surface area (Å²) < 4.78 is 24.6. The van der Waals surface area contributed by atoms with Gasteiger partial charge in [0.2, 0.25) is 0 Å². The van der Waals surface area contributed by atoms with E-state index in [1.165, 1.54) is 36.4 Å². The molecule has 1 radical (unpaired) electrons. The van der Waals surface area contributed by atoms with Gasteiger partial charge >= 0.3 is 32.3 Å². The Labute approximate surface area is 191 Å². The minimum absolute atomic E-state index is 0. The summed E-state index contributed by atoms with van der Waals surface area (Å²) in [7, 11) is -10.7. The van der Waals surface area contributed by atoms with Crippen LogP contribution in [0.25, 0.3) is 0 Å². The average Bonchev–Trinajstić information content (AvgIpc) is 2.51. The molecule has 4 N–H and O–H groups in total. The maximum Gasteiger partial charge on any atom is 2.00 e. The van der Waals surface area contributed by atoms with E-state index in [0.29, 0.717) is 0 Å². The van der Waals surface area contributed by atoms with Crippen molar-refractivity contribution < 1.29 is 45.8 Å². The van der Waals surface area contributed by atoms with E-state index >= 15 is 0 Å². The Morgan fingerprint density at radius 3 is 1.25 bits per heavy atom. The van der Waals surface area contributed by atoms with E-state index in [0.717, 1.165) is 0 Å². The predicted octanol–water partition coefficient (Wildman–Crippen LogP) is 5.13. The van der Waals surface area contributed by atoms with Gasteiger partial charge in [-0.1, -0.05) is 58.5 Å². The quantitative estimate of drug-likeness (QED) is 0.294. The summed E-state index contributed by atoms with van der Waals surface area (Å²) in [5.41, 5.74) is 0.409. The zero-order valence-electron chi connectivity index (χ0n) is 13.8. The second kappa shape index (κ2) is 9.70. The summed E-state index contributed by atoms with van der Waals surface area (Å²) in [5, 5.41) is 0.578. The monoisotopic (exact) mass is 547 g/mol. The molecule has 0 unspecified atom stereocenters. The first kappa shape index (κ1) is 26.5. The van der Waals surface area contributed by atoms with Gasteiger partial charge in [0.25, 0.3) is 0 Å². The number of rotatable bonds is 6. The number of hydrogen-bond donors (Lipinski definition) is 4. The standard InChI is InChI=1S/C15H14Cl4O6P2.Mn/c16-11-3-1-9(5-13(11)18)7-15(26(20,21)22,27(23,24)25)8-10-2-4-12(17)14(19)6-10;/h1-6H,7-8H2,(H2,20,21,22)(H2,23,24,25);/q;+2. The minimum Gasteiger partial charge on any atom is -0.324 e. The molecule has 2 rings (SSSR count). The van der Waals surface area contributed by atoms with E-state index in [1.807, 2.05) is 0 Å². The van der Waals surface area contributed by atoms with E-state index in [-0.39, 0.29) is 48.3 Å². The first-order valence-corrected chi connectivity index (χ1v) is 12.0. The average molecular weight is 549 g/mol. The predicted molar refractivity (Wildman–Crippen MR) is 107 cm³/mol. The molecule has 0 atom stereocenters. The Morgan fingerprint density at radius 1 is 0.679 bits per heavy atom. The van der Waals surface area contributed by atoms with Crippen molar-refractivity contribution in [2.75, 3.05) is 0 Å². The van der Waals surface area contributed by atoms with Crippen molar-refractivity contribution in [3.63, 3.8) is 0 Å². The molecule has 153 valence electrons. The van der Waals surface area contributed by atoms with Crippen LogP contribution in [0, 0.1) is 0 Å². The number of hydrogen-bond acceptors (Lipinski definition) is 2. The van der Waals surface area contributed by atoms with Crippen LogP contribution in [0.4, 0.5) is 0 Å². The topological polar surface area (TPSA) is 115 Å². The fourth-order valence-electron chi connectivity index (χ4n) is 2.60. The molecule has 2 aromatic rings. The van der Waals surface area contributed by atoms with Crippen molar-refractivity contribution in [3.8, 4) is 0 Å². The van der Waals surface area contributed by atoms with E-state index in [2.05, 4.69) is 0 Å². The van der Waals surface area contributed by atoms with Gasteiger partial charge in [0, 0.05) is 12.8 Å². The Morgan fingerprint density at radius 2 is 1.00 bits per heavy atom. The van der Waals surface area contributed by atoms with Crippen LogP contribution >= 0.6 is 61.6 Å². The zero-order valence-corrected chi connectivity index (χ0v) is 19.8.